The SMILES string of the molecule is COC(=O)c1sc(NC(=O)C2CCC(N)C2)nc1C(C)(C)C.Cl. The standard InChI is InChI=1S/C15H23N3O3S.ClH/c1-15(2,3)11-10(13(20)21-4)22-14(17-11)18-12(19)8-5-6-9(16)7-8;/h8-9H,5-7,16H2,1-4H3,(H,17,18,19);1H. The third-order valence-corrected chi connectivity index (χ3v) is 4.73. The van der Waals surface area contributed by atoms with Crippen LogP contribution in [-0.4, -0.2) is 30.0 Å². The molecular weight excluding hydrogens is 338 g/mol. The average molecular weight is 362 g/mol. The van der Waals surface area contributed by atoms with Gasteiger partial charge in [-0.15, -0.1) is 12.4 Å². The first-order chi connectivity index (χ1) is 10.2. The number of carbonyl (C=O) groups is 2. The maximum atomic E-state index is 12.3. The summed E-state index contributed by atoms with van der Waals surface area (Å²) >= 11 is 1.16. The summed E-state index contributed by atoms with van der Waals surface area (Å²) in [6.45, 7) is 5.91. The van der Waals surface area contributed by atoms with Crippen LogP contribution < -0.4 is 11.1 Å². The van der Waals surface area contributed by atoms with Crippen molar-refractivity contribution in [2.24, 2.45) is 11.7 Å². The molecule has 2 rings (SSSR count). The van der Waals surface area contributed by atoms with Gasteiger partial charge < -0.3 is 15.8 Å². The predicted octanol–water partition coefficient (Wildman–Crippen LogP) is 2.71. The number of hydrogen-bond donors (Lipinski definition) is 2. The van der Waals surface area contributed by atoms with E-state index < -0.39 is 5.97 Å². The van der Waals surface area contributed by atoms with Crippen molar-refractivity contribution in [3.8, 4) is 0 Å². The van der Waals surface area contributed by atoms with Gasteiger partial charge in [0, 0.05) is 17.4 Å². The van der Waals surface area contributed by atoms with Crippen LogP contribution in [0.2, 0.25) is 0 Å². The molecule has 6 nitrogen and oxygen atoms in total. The van der Waals surface area contributed by atoms with Gasteiger partial charge in [0.05, 0.1) is 12.8 Å². The van der Waals surface area contributed by atoms with E-state index in [4.69, 9.17) is 10.5 Å². The molecule has 2 atom stereocenters. The Balaban J connectivity index is 0.00000264. The maximum Gasteiger partial charge on any atom is 0.350 e. The van der Waals surface area contributed by atoms with Gasteiger partial charge in [-0.3, -0.25) is 4.79 Å². The molecule has 1 amide bonds. The molecule has 1 aliphatic rings. The lowest BCUT2D eigenvalue weighted by molar-refractivity contribution is -0.119. The number of halogens is 1. The number of carbonyl (C=O) groups excluding carboxylic acids is 2. The van der Waals surface area contributed by atoms with E-state index in [1.807, 2.05) is 20.8 Å². The third kappa shape index (κ3) is 4.65. The first-order valence-corrected chi connectivity index (χ1v) is 8.20. The molecule has 1 aliphatic carbocycles. The number of anilines is 1. The summed E-state index contributed by atoms with van der Waals surface area (Å²) < 4.78 is 4.81. The number of rotatable bonds is 3. The molecular formula is C15H24ClN3O3S. The van der Waals surface area contributed by atoms with Crippen molar-refractivity contribution in [2.75, 3.05) is 12.4 Å². The van der Waals surface area contributed by atoms with Crippen LogP contribution in [0.4, 0.5) is 5.13 Å². The van der Waals surface area contributed by atoms with Gasteiger partial charge in [0.15, 0.2) is 5.13 Å². The summed E-state index contributed by atoms with van der Waals surface area (Å²) in [5.74, 6) is -0.567. The third-order valence-electron chi connectivity index (χ3n) is 3.78. The Hall–Kier alpha value is -1.18. The van der Waals surface area contributed by atoms with Crippen molar-refractivity contribution in [3.05, 3.63) is 10.6 Å². The molecule has 0 aromatic carbocycles. The van der Waals surface area contributed by atoms with Gasteiger partial charge in [0.1, 0.15) is 4.88 Å². The summed E-state index contributed by atoms with van der Waals surface area (Å²) in [5.41, 5.74) is 6.18. The first kappa shape index (κ1) is 19.9. The van der Waals surface area contributed by atoms with Crippen LogP contribution in [0.25, 0.3) is 0 Å². The Morgan fingerprint density at radius 3 is 2.48 bits per heavy atom. The Morgan fingerprint density at radius 2 is 2.00 bits per heavy atom. The second kappa shape index (κ2) is 7.59. The van der Waals surface area contributed by atoms with Gasteiger partial charge in [-0.2, -0.15) is 0 Å². The highest BCUT2D eigenvalue weighted by Gasteiger charge is 2.31. The zero-order valence-corrected chi connectivity index (χ0v) is 15.5. The second-order valence-electron chi connectivity index (χ2n) is 6.70. The summed E-state index contributed by atoms with van der Waals surface area (Å²) in [6.07, 6.45) is 2.37. The monoisotopic (exact) mass is 361 g/mol. The molecule has 23 heavy (non-hydrogen) atoms. The van der Waals surface area contributed by atoms with E-state index in [9.17, 15) is 9.59 Å². The van der Waals surface area contributed by atoms with Crippen molar-refractivity contribution in [3.63, 3.8) is 0 Å². The number of esters is 1. The minimum Gasteiger partial charge on any atom is -0.465 e. The highest BCUT2D eigenvalue weighted by molar-refractivity contribution is 7.17. The first-order valence-electron chi connectivity index (χ1n) is 7.38. The van der Waals surface area contributed by atoms with Crippen molar-refractivity contribution in [1.82, 2.24) is 4.98 Å². The van der Waals surface area contributed by atoms with Crippen LogP contribution in [0.3, 0.4) is 0 Å². The van der Waals surface area contributed by atoms with E-state index >= 15 is 0 Å². The molecule has 1 heterocycles. The van der Waals surface area contributed by atoms with Gasteiger partial charge in [-0.25, -0.2) is 9.78 Å². The number of thiazole rings is 1. The number of hydrogen-bond acceptors (Lipinski definition) is 6. The van der Waals surface area contributed by atoms with Crippen molar-refractivity contribution >= 4 is 40.8 Å². The molecule has 0 saturated heterocycles. The normalized spacial score (nSPS) is 20.7. The molecule has 0 spiro atoms. The van der Waals surface area contributed by atoms with Crippen LogP contribution in [-0.2, 0) is 14.9 Å². The number of nitrogens with zero attached hydrogens (tertiary/aromatic N) is 1. The smallest absolute Gasteiger partial charge is 0.350 e. The van der Waals surface area contributed by atoms with Gasteiger partial charge >= 0.3 is 5.97 Å². The highest BCUT2D eigenvalue weighted by Crippen LogP contribution is 2.33. The van der Waals surface area contributed by atoms with Gasteiger partial charge in [-0.05, 0) is 19.3 Å². The molecule has 8 heteroatoms. The molecule has 0 radical (unpaired) electrons. The zero-order chi connectivity index (χ0) is 16.5. The minimum absolute atomic E-state index is 0. The Labute approximate surface area is 146 Å². The lowest BCUT2D eigenvalue weighted by Gasteiger charge is -2.16. The van der Waals surface area contributed by atoms with E-state index in [0.717, 1.165) is 24.2 Å². The summed E-state index contributed by atoms with van der Waals surface area (Å²) in [6, 6.07) is 0.0998. The molecule has 130 valence electrons. The fraction of sp³-hybridized carbons (Fsp3) is 0.667. The number of nitrogens with one attached hydrogen (secondary N) is 1. The lowest BCUT2D eigenvalue weighted by atomic mass is 9.91. The zero-order valence-electron chi connectivity index (χ0n) is 13.8. The molecule has 1 saturated carbocycles. The van der Waals surface area contributed by atoms with E-state index in [1.54, 1.807) is 0 Å². The number of amides is 1. The van der Waals surface area contributed by atoms with E-state index in [-0.39, 0.29) is 35.7 Å². The van der Waals surface area contributed by atoms with E-state index in [0.29, 0.717) is 22.1 Å². The lowest BCUT2D eigenvalue weighted by Crippen LogP contribution is -2.23. The molecule has 1 aromatic heterocycles. The highest BCUT2D eigenvalue weighted by atomic mass is 35.5. The number of methoxy groups -OCH3 is 1. The largest absolute Gasteiger partial charge is 0.465 e. The number of nitrogens with two attached hydrogens (primary N) is 1. The number of ether oxygens (including phenoxy) is 1. The van der Waals surface area contributed by atoms with Gasteiger partial charge in [0.2, 0.25) is 5.91 Å². The van der Waals surface area contributed by atoms with E-state index in [2.05, 4.69) is 10.3 Å². The Morgan fingerprint density at radius 1 is 1.35 bits per heavy atom. The van der Waals surface area contributed by atoms with Crippen LogP contribution in [0, 0.1) is 5.92 Å². The van der Waals surface area contributed by atoms with Crippen molar-refractivity contribution < 1.29 is 14.3 Å². The van der Waals surface area contributed by atoms with Crippen molar-refractivity contribution in [2.45, 2.75) is 51.5 Å². The van der Waals surface area contributed by atoms with E-state index in [1.165, 1.54) is 7.11 Å². The summed E-state index contributed by atoms with van der Waals surface area (Å²) in [5, 5.41) is 3.26. The van der Waals surface area contributed by atoms with Gasteiger partial charge in [-0.1, -0.05) is 32.1 Å². The molecule has 1 aromatic rings. The topological polar surface area (TPSA) is 94.3 Å². The molecule has 3 N–H and O–H groups in total. The molecule has 2 unspecified atom stereocenters. The van der Waals surface area contributed by atoms with Crippen LogP contribution in [0.15, 0.2) is 0 Å². The van der Waals surface area contributed by atoms with Crippen molar-refractivity contribution in [1.29, 1.82) is 0 Å². The van der Waals surface area contributed by atoms with Crippen LogP contribution >= 0.6 is 23.7 Å². The summed E-state index contributed by atoms with van der Waals surface area (Å²) in [4.78, 5) is 29.0. The molecule has 0 aliphatic heterocycles. The Kier molecular flexibility index (Phi) is 6.56. The minimum atomic E-state index is -0.425. The fourth-order valence-corrected chi connectivity index (χ4v) is 3.67. The average Bonchev–Trinajstić information content (AvgIpc) is 3.03. The quantitative estimate of drug-likeness (QED) is 0.807. The number of aromatic nitrogens is 1. The maximum absolute atomic E-state index is 12.3. The molecule has 0 bridgehead atoms. The predicted molar refractivity (Wildman–Crippen MR) is 93.3 cm³/mol. The van der Waals surface area contributed by atoms with Gasteiger partial charge in [0.25, 0.3) is 0 Å². The Bertz CT molecular complexity index is 583. The summed E-state index contributed by atoms with van der Waals surface area (Å²) in [7, 11) is 1.34. The fourth-order valence-electron chi connectivity index (χ4n) is 2.57. The van der Waals surface area contributed by atoms with Crippen LogP contribution in [0.1, 0.15) is 55.4 Å². The second-order valence-corrected chi connectivity index (χ2v) is 7.70. The molecule has 1 fully saturated rings. The van der Waals surface area contributed by atoms with Crippen LogP contribution in [0.5, 0.6) is 0 Å².